The highest BCUT2D eigenvalue weighted by molar-refractivity contribution is 6.44. The number of fused-ring (bicyclic) bond motifs is 1. The Kier molecular flexibility index (Phi) is 4.99. The van der Waals surface area contributed by atoms with Gasteiger partial charge in [0.1, 0.15) is 12.3 Å². The van der Waals surface area contributed by atoms with Crippen LogP contribution in [0.5, 0.6) is 5.75 Å². The second kappa shape index (κ2) is 7.75. The molecule has 0 bridgehead atoms. The molecule has 2 aliphatic heterocycles. The largest absolute Gasteiger partial charge is 0.493 e. The van der Waals surface area contributed by atoms with Crippen LogP contribution in [0.4, 0.5) is 4.79 Å². The number of para-hydroxylation sites is 1. The molecular weight excluding hydrogens is 374 g/mol. The molecule has 2 aromatic rings. The van der Waals surface area contributed by atoms with Gasteiger partial charge in [-0.25, -0.2) is 9.69 Å². The molecule has 2 aromatic carbocycles. The highest BCUT2D eigenvalue weighted by atomic mass is 16.5. The average molecular weight is 393 g/mol. The number of urea groups is 1. The van der Waals surface area contributed by atoms with Gasteiger partial charge in [0.15, 0.2) is 0 Å². The highest BCUT2D eigenvalue weighted by Gasteiger charge is 2.45. The molecule has 1 N–H and O–H groups in total. The van der Waals surface area contributed by atoms with Crippen molar-refractivity contribution in [2.24, 2.45) is 0 Å². The predicted molar refractivity (Wildman–Crippen MR) is 102 cm³/mol. The summed E-state index contributed by atoms with van der Waals surface area (Å²) in [5, 5.41) is 2.83. The lowest BCUT2D eigenvalue weighted by atomic mass is 10.0. The summed E-state index contributed by atoms with van der Waals surface area (Å²) < 4.78 is 5.57. The lowest BCUT2D eigenvalue weighted by molar-refractivity contribution is -0.144. The maximum atomic E-state index is 12.6. The maximum absolute atomic E-state index is 12.6. The number of amides is 5. The Labute approximate surface area is 167 Å². The zero-order chi connectivity index (χ0) is 20.4. The molecule has 1 atom stereocenters. The van der Waals surface area contributed by atoms with Crippen LogP contribution < -0.4 is 10.1 Å². The van der Waals surface area contributed by atoms with Gasteiger partial charge in [-0.3, -0.25) is 19.3 Å². The van der Waals surface area contributed by atoms with Gasteiger partial charge in [0.2, 0.25) is 5.91 Å². The number of rotatable bonds is 5. The SMILES string of the molecule is O=C(CN1C(=O)C(=O)N(Cc2ccccc2)C1=O)N[C@@H]1CCOc2ccccc21. The molecule has 5 amide bonds. The predicted octanol–water partition coefficient (Wildman–Crippen LogP) is 1.62. The second-order valence-corrected chi connectivity index (χ2v) is 6.85. The maximum Gasteiger partial charge on any atom is 0.335 e. The first-order chi connectivity index (χ1) is 14.0. The van der Waals surface area contributed by atoms with E-state index in [9.17, 15) is 19.2 Å². The molecule has 2 aliphatic rings. The van der Waals surface area contributed by atoms with Crippen molar-refractivity contribution in [3.63, 3.8) is 0 Å². The van der Waals surface area contributed by atoms with Crippen LogP contribution in [-0.2, 0) is 20.9 Å². The third-order valence-electron chi connectivity index (χ3n) is 4.91. The van der Waals surface area contributed by atoms with Gasteiger partial charge in [-0.05, 0) is 11.6 Å². The summed E-state index contributed by atoms with van der Waals surface area (Å²) in [7, 11) is 0. The molecule has 2 heterocycles. The van der Waals surface area contributed by atoms with Gasteiger partial charge >= 0.3 is 17.8 Å². The molecule has 148 valence electrons. The van der Waals surface area contributed by atoms with Crippen molar-refractivity contribution in [3.05, 3.63) is 65.7 Å². The second-order valence-electron chi connectivity index (χ2n) is 6.85. The Morgan fingerprint density at radius 2 is 1.66 bits per heavy atom. The molecule has 1 saturated heterocycles. The molecule has 8 heteroatoms. The van der Waals surface area contributed by atoms with Gasteiger partial charge in [-0.2, -0.15) is 0 Å². The number of nitrogens with one attached hydrogen (secondary N) is 1. The number of hydrogen-bond donors (Lipinski definition) is 1. The van der Waals surface area contributed by atoms with Crippen molar-refractivity contribution in [1.29, 1.82) is 0 Å². The van der Waals surface area contributed by atoms with Crippen LogP contribution in [0.25, 0.3) is 0 Å². The van der Waals surface area contributed by atoms with Gasteiger partial charge < -0.3 is 10.1 Å². The molecule has 0 radical (unpaired) electrons. The number of ether oxygens (including phenoxy) is 1. The van der Waals surface area contributed by atoms with Gasteiger partial charge in [0, 0.05) is 12.0 Å². The number of imide groups is 2. The molecule has 0 saturated carbocycles. The van der Waals surface area contributed by atoms with Crippen molar-refractivity contribution in [2.75, 3.05) is 13.2 Å². The normalized spacial score (nSPS) is 18.5. The fourth-order valence-corrected chi connectivity index (χ4v) is 3.47. The third kappa shape index (κ3) is 3.69. The fraction of sp³-hybridized carbons (Fsp3) is 0.238. The molecule has 4 rings (SSSR count). The smallest absolute Gasteiger partial charge is 0.335 e. The van der Waals surface area contributed by atoms with Crippen molar-refractivity contribution < 1.29 is 23.9 Å². The zero-order valence-corrected chi connectivity index (χ0v) is 15.5. The van der Waals surface area contributed by atoms with Crippen LogP contribution >= 0.6 is 0 Å². The summed E-state index contributed by atoms with van der Waals surface area (Å²) in [6.07, 6.45) is 0.573. The van der Waals surface area contributed by atoms with E-state index in [4.69, 9.17) is 4.74 Å². The van der Waals surface area contributed by atoms with E-state index in [0.29, 0.717) is 29.2 Å². The molecule has 0 spiro atoms. The number of carbonyl (C=O) groups is 4. The van der Waals surface area contributed by atoms with E-state index in [1.165, 1.54) is 0 Å². The van der Waals surface area contributed by atoms with Gasteiger partial charge in [0.05, 0.1) is 19.2 Å². The van der Waals surface area contributed by atoms with Gasteiger partial charge in [-0.15, -0.1) is 0 Å². The minimum Gasteiger partial charge on any atom is -0.493 e. The summed E-state index contributed by atoms with van der Waals surface area (Å²) in [6.45, 7) is -0.0726. The number of hydrogen-bond acceptors (Lipinski definition) is 5. The number of nitrogens with zero attached hydrogens (tertiary/aromatic N) is 2. The lowest BCUT2D eigenvalue weighted by Gasteiger charge is -2.27. The molecule has 1 fully saturated rings. The summed E-state index contributed by atoms with van der Waals surface area (Å²) in [5.74, 6) is -1.74. The fourth-order valence-electron chi connectivity index (χ4n) is 3.47. The van der Waals surface area contributed by atoms with Crippen molar-refractivity contribution >= 4 is 23.8 Å². The first-order valence-electron chi connectivity index (χ1n) is 9.27. The minimum atomic E-state index is -0.992. The number of carbonyl (C=O) groups excluding carboxylic acids is 4. The molecule has 0 unspecified atom stereocenters. The van der Waals surface area contributed by atoms with Gasteiger partial charge in [0.25, 0.3) is 0 Å². The minimum absolute atomic E-state index is 0.0181. The molecule has 29 heavy (non-hydrogen) atoms. The van der Waals surface area contributed by atoms with Crippen LogP contribution in [0.1, 0.15) is 23.6 Å². The van der Waals surface area contributed by atoms with E-state index in [-0.39, 0.29) is 12.6 Å². The van der Waals surface area contributed by atoms with Crippen LogP contribution in [0.2, 0.25) is 0 Å². The zero-order valence-electron chi connectivity index (χ0n) is 15.5. The van der Waals surface area contributed by atoms with Crippen LogP contribution in [0.15, 0.2) is 54.6 Å². The standard InChI is InChI=1S/C21H19N3O5/c25-18(22-16-10-11-29-17-9-5-4-8-15(16)17)13-24-20(27)19(26)23(21(24)28)12-14-6-2-1-3-7-14/h1-9,16H,10-13H2,(H,22,25)/t16-/m1/s1. The Morgan fingerprint density at radius 3 is 2.45 bits per heavy atom. The topological polar surface area (TPSA) is 96.0 Å². The van der Waals surface area contributed by atoms with Gasteiger partial charge in [-0.1, -0.05) is 48.5 Å². The van der Waals surface area contributed by atoms with Crippen molar-refractivity contribution in [2.45, 2.75) is 19.0 Å². The van der Waals surface area contributed by atoms with Crippen LogP contribution in [0, 0.1) is 0 Å². The molecular formula is C21H19N3O5. The monoisotopic (exact) mass is 393 g/mol. The van der Waals surface area contributed by atoms with Crippen molar-refractivity contribution in [3.8, 4) is 5.75 Å². The first kappa shape index (κ1) is 18.7. The summed E-state index contributed by atoms with van der Waals surface area (Å²) >= 11 is 0. The third-order valence-corrected chi connectivity index (χ3v) is 4.91. The van der Waals surface area contributed by atoms with E-state index in [2.05, 4.69) is 5.32 Å². The molecule has 0 aliphatic carbocycles. The van der Waals surface area contributed by atoms with E-state index < -0.39 is 30.3 Å². The Balaban J connectivity index is 1.43. The lowest BCUT2D eigenvalue weighted by Crippen LogP contribution is -2.43. The first-order valence-corrected chi connectivity index (χ1v) is 9.27. The highest BCUT2D eigenvalue weighted by Crippen LogP contribution is 2.31. The van der Waals surface area contributed by atoms with E-state index >= 15 is 0 Å². The summed E-state index contributed by atoms with van der Waals surface area (Å²) in [4.78, 5) is 51.1. The Morgan fingerprint density at radius 1 is 0.966 bits per heavy atom. The molecule has 8 nitrogen and oxygen atoms in total. The quantitative estimate of drug-likeness (QED) is 0.615. The van der Waals surface area contributed by atoms with E-state index in [1.54, 1.807) is 24.3 Å². The summed E-state index contributed by atoms with van der Waals surface area (Å²) in [5.41, 5.74) is 1.56. The van der Waals surface area contributed by atoms with E-state index in [0.717, 1.165) is 10.5 Å². The molecule has 0 aromatic heterocycles. The van der Waals surface area contributed by atoms with Crippen LogP contribution in [0.3, 0.4) is 0 Å². The summed E-state index contributed by atoms with van der Waals surface area (Å²) in [6, 6.07) is 15.2. The van der Waals surface area contributed by atoms with Crippen molar-refractivity contribution in [1.82, 2.24) is 15.1 Å². The van der Waals surface area contributed by atoms with E-state index in [1.807, 2.05) is 30.3 Å². The Bertz CT molecular complexity index is 975. The average Bonchev–Trinajstić information content (AvgIpc) is 2.93. The van der Waals surface area contributed by atoms with Crippen LogP contribution in [-0.4, -0.2) is 46.7 Å². The number of benzene rings is 2. The Hall–Kier alpha value is -3.68.